The average molecular weight is 311 g/mol. The molecule has 0 spiro atoms. The molecule has 1 fully saturated rings. The molecule has 1 aliphatic rings. The Bertz CT molecular complexity index is 606. The zero-order valence-corrected chi connectivity index (χ0v) is 13.0. The number of sulfonamides is 1. The van der Waals surface area contributed by atoms with E-state index in [2.05, 4.69) is 0 Å². The Morgan fingerprint density at radius 2 is 1.95 bits per heavy atom. The Hall–Kier alpha value is -1.40. The van der Waals surface area contributed by atoms with Crippen molar-refractivity contribution in [1.29, 1.82) is 0 Å². The van der Waals surface area contributed by atoms with E-state index < -0.39 is 16.0 Å². The van der Waals surface area contributed by atoms with Crippen LogP contribution >= 0.6 is 0 Å². The Labute approximate surface area is 125 Å². The first-order valence-electron chi connectivity index (χ1n) is 7.18. The highest BCUT2D eigenvalue weighted by atomic mass is 32.2. The van der Waals surface area contributed by atoms with Gasteiger partial charge in [-0.25, -0.2) is 17.5 Å². The predicted octanol–water partition coefficient (Wildman–Crippen LogP) is 2.48. The Morgan fingerprint density at radius 3 is 2.57 bits per heavy atom. The van der Waals surface area contributed by atoms with Gasteiger partial charge in [0.1, 0.15) is 0 Å². The second kappa shape index (κ2) is 6.58. The zero-order valence-electron chi connectivity index (χ0n) is 12.2. The maximum Gasteiger partial charge on any atom is 0.335 e. The van der Waals surface area contributed by atoms with E-state index in [-0.39, 0.29) is 17.4 Å². The molecule has 1 saturated carbocycles. The SMILES string of the molecule is CN(C1CCCCC1)S(=O)(=O)Cc1cccc(C(=O)O)c1. The number of rotatable bonds is 5. The van der Waals surface area contributed by atoms with Crippen molar-refractivity contribution in [2.24, 2.45) is 0 Å². The molecule has 1 N–H and O–H groups in total. The molecule has 116 valence electrons. The summed E-state index contributed by atoms with van der Waals surface area (Å²) < 4.78 is 26.4. The molecule has 0 saturated heterocycles. The molecule has 0 unspecified atom stereocenters. The van der Waals surface area contributed by atoms with Crippen LogP contribution in [-0.2, 0) is 15.8 Å². The van der Waals surface area contributed by atoms with E-state index in [0.717, 1.165) is 25.7 Å². The molecule has 0 radical (unpaired) electrons. The lowest BCUT2D eigenvalue weighted by Crippen LogP contribution is -2.38. The molecule has 1 aromatic rings. The van der Waals surface area contributed by atoms with Gasteiger partial charge in [0.05, 0.1) is 11.3 Å². The van der Waals surface area contributed by atoms with Crippen molar-refractivity contribution in [2.75, 3.05) is 7.05 Å². The van der Waals surface area contributed by atoms with Crippen molar-refractivity contribution in [3.8, 4) is 0 Å². The van der Waals surface area contributed by atoms with Gasteiger partial charge < -0.3 is 5.11 Å². The van der Waals surface area contributed by atoms with E-state index in [9.17, 15) is 13.2 Å². The summed E-state index contributed by atoms with van der Waals surface area (Å²) in [7, 11) is -1.78. The van der Waals surface area contributed by atoms with Gasteiger partial charge in [-0.05, 0) is 30.5 Å². The Balaban J connectivity index is 2.12. The third-order valence-electron chi connectivity index (χ3n) is 4.05. The van der Waals surface area contributed by atoms with Gasteiger partial charge in [-0.15, -0.1) is 0 Å². The largest absolute Gasteiger partial charge is 0.478 e. The monoisotopic (exact) mass is 311 g/mol. The van der Waals surface area contributed by atoms with Crippen LogP contribution in [0.5, 0.6) is 0 Å². The summed E-state index contributed by atoms with van der Waals surface area (Å²) in [5.41, 5.74) is 0.626. The fourth-order valence-corrected chi connectivity index (χ4v) is 4.25. The molecule has 0 bridgehead atoms. The van der Waals surface area contributed by atoms with E-state index >= 15 is 0 Å². The van der Waals surface area contributed by atoms with Crippen molar-refractivity contribution in [3.05, 3.63) is 35.4 Å². The van der Waals surface area contributed by atoms with Crippen LogP contribution in [0.15, 0.2) is 24.3 Å². The minimum atomic E-state index is -3.42. The molecule has 1 aromatic carbocycles. The molecule has 5 nitrogen and oxygen atoms in total. The van der Waals surface area contributed by atoms with Gasteiger partial charge in [0.25, 0.3) is 0 Å². The van der Waals surface area contributed by atoms with Crippen LogP contribution in [-0.4, -0.2) is 36.9 Å². The summed E-state index contributed by atoms with van der Waals surface area (Å²) in [6.07, 6.45) is 5.12. The lowest BCUT2D eigenvalue weighted by Gasteiger charge is -2.30. The molecule has 0 aromatic heterocycles. The molecule has 0 aliphatic heterocycles. The molecular weight excluding hydrogens is 290 g/mol. The number of nitrogens with zero attached hydrogens (tertiary/aromatic N) is 1. The topological polar surface area (TPSA) is 74.7 Å². The van der Waals surface area contributed by atoms with Crippen molar-refractivity contribution < 1.29 is 18.3 Å². The van der Waals surface area contributed by atoms with Crippen LogP contribution in [0.4, 0.5) is 0 Å². The summed E-state index contributed by atoms with van der Waals surface area (Å²) in [5.74, 6) is -1.20. The van der Waals surface area contributed by atoms with Crippen molar-refractivity contribution in [2.45, 2.75) is 43.9 Å². The van der Waals surface area contributed by atoms with Gasteiger partial charge in [-0.1, -0.05) is 31.4 Å². The lowest BCUT2D eigenvalue weighted by molar-refractivity contribution is 0.0696. The van der Waals surface area contributed by atoms with E-state index in [0.29, 0.717) is 5.56 Å². The number of aromatic carboxylic acids is 1. The molecular formula is C15H21NO4S. The summed E-state index contributed by atoms with van der Waals surface area (Å²) in [6.45, 7) is 0. The highest BCUT2D eigenvalue weighted by Crippen LogP contribution is 2.24. The predicted molar refractivity (Wildman–Crippen MR) is 80.7 cm³/mol. The smallest absolute Gasteiger partial charge is 0.335 e. The third-order valence-corrected chi connectivity index (χ3v) is 5.92. The van der Waals surface area contributed by atoms with Crippen LogP contribution in [0.3, 0.4) is 0 Å². The summed E-state index contributed by atoms with van der Waals surface area (Å²) in [6, 6.07) is 6.19. The molecule has 0 amide bonds. The van der Waals surface area contributed by atoms with E-state index in [1.807, 2.05) is 0 Å². The van der Waals surface area contributed by atoms with Gasteiger partial charge in [0.15, 0.2) is 0 Å². The molecule has 1 aliphatic carbocycles. The highest BCUT2D eigenvalue weighted by molar-refractivity contribution is 7.88. The standard InChI is InChI=1S/C15H21NO4S/c1-16(14-8-3-2-4-9-14)21(19,20)11-12-6-5-7-13(10-12)15(17)18/h5-7,10,14H,2-4,8-9,11H2,1H3,(H,17,18). The number of carboxylic acids is 1. The van der Waals surface area contributed by atoms with Crippen LogP contribution in [0.2, 0.25) is 0 Å². The van der Waals surface area contributed by atoms with Gasteiger partial charge >= 0.3 is 5.97 Å². The van der Waals surface area contributed by atoms with Gasteiger partial charge in [-0.3, -0.25) is 0 Å². The molecule has 6 heteroatoms. The number of hydrogen-bond donors (Lipinski definition) is 1. The second-order valence-electron chi connectivity index (χ2n) is 5.57. The maximum absolute atomic E-state index is 12.5. The number of carbonyl (C=O) groups is 1. The lowest BCUT2D eigenvalue weighted by atomic mass is 9.96. The summed E-state index contributed by atoms with van der Waals surface area (Å²) >= 11 is 0. The van der Waals surface area contributed by atoms with E-state index in [1.165, 1.54) is 22.9 Å². The minimum Gasteiger partial charge on any atom is -0.478 e. The fraction of sp³-hybridized carbons (Fsp3) is 0.533. The minimum absolute atomic E-state index is 0.0754. The highest BCUT2D eigenvalue weighted by Gasteiger charge is 2.27. The van der Waals surface area contributed by atoms with E-state index in [4.69, 9.17) is 5.11 Å². The average Bonchev–Trinajstić information content (AvgIpc) is 2.47. The first-order valence-corrected chi connectivity index (χ1v) is 8.79. The van der Waals surface area contributed by atoms with Gasteiger partial charge in [0, 0.05) is 13.1 Å². The van der Waals surface area contributed by atoms with Gasteiger partial charge in [0.2, 0.25) is 10.0 Å². The first-order chi connectivity index (χ1) is 9.90. The zero-order chi connectivity index (χ0) is 15.5. The van der Waals surface area contributed by atoms with Crippen LogP contribution in [0.25, 0.3) is 0 Å². The third kappa shape index (κ3) is 4.04. The fourth-order valence-electron chi connectivity index (χ4n) is 2.78. The summed E-state index contributed by atoms with van der Waals surface area (Å²) in [5, 5.41) is 8.96. The Kier molecular flexibility index (Phi) is 5.00. The van der Waals surface area contributed by atoms with Crippen LogP contribution in [0.1, 0.15) is 48.0 Å². The van der Waals surface area contributed by atoms with Crippen LogP contribution in [0, 0.1) is 0 Å². The number of benzene rings is 1. The number of hydrogen-bond acceptors (Lipinski definition) is 3. The molecule has 21 heavy (non-hydrogen) atoms. The number of carboxylic acid groups (broad SMARTS) is 1. The quantitative estimate of drug-likeness (QED) is 0.906. The van der Waals surface area contributed by atoms with Gasteiger partial charge in [-0.2, -0.15) is 0 Å². The first kappa shape index (κ1) is 16.0. The molecule has 2 rings (SSSR count). The van der Waals surface area contributed by atoms with E-state index in [1.54, 1.807) is 19.2 Å². The summed E-state index contributed by atoms with van der Waals surface area (Å²) in [4.78, 5) is 10.9. The van der Waals surface area contributed by atoms with Crippen LogP contribution < -0.4 is 0 Å². The normalized spacial score (nSPS) is 17.0. The second-order valence-corrected chi connectivity index (χ2v) is 7.60. The maximum atomic E-state index is 12.5. The van der Waals surface area contributed by atoms with Crippen molar-refractivity contribution in [1.82, 2.24) is 4.31 Å². The van der Waals surface area contributed by atoms with Crippen molar-refractivity contribution in [3.63, 3.8) is 0 Å². The Morgan fingerprint density at radius 1 is 1.29 bits per heavy atom. The van der Waals surface area contributed by atoms with Crippen molar-refractivity contribution >= 4 is 16.0 Å². The molecule has 0 atom stereocenters. The molecule has 0 heterocycles.